The highest BCUT2D eigenvalue weighted by atomic mass is 15.0. The molecule has 1 heterocycles. The quantitative estimate of drug-likeness (QED) is 0.661. The van der Waals surface area contributed by atoms with Gasteiger partial charge < -0.3 is 5.32 Å². The molecule has 11 heavy (non-hydrogen) atoms. The van der Waals surface area contributed by atoms with Gasteiger partial charge in [-0.05, 0) is 6.92 Å². The topological polar surface area (TPSA) is 37.8 Å². The van der Waals surface area contributed by atoms with Crippen LogP contribution in [-0.4, -0.2) is 16.0 Å². The van der Waals surface area contributed by atoms with Gasteiger partial charge in [-0.25, -0.2) is 4.98 Å². The Labute approximate surface area is 66.2 Å². The zero-order valence-electron chi connectivity index (χ0n) is 6.49. The van der Waals surface area contributed by atoms with E-state index < -0.39 is 0 Å². The Morgan fingerprint density at radius 1 is 1.64 bits per heavy atom. The molecule has 0 fully saturated rings. The van der Waals surface area contributed by atoms with Crippen LogP contribution in [0.2, 0.25) is 0 Å². The Morgan fingerprint density at radius 3 is 3.00 bits per heavy atom. The average molecular weight is 149 g/mol. The summed E-state index contributed by atoms with van der Waals surface area (Å²) in [5, 5.41) is 3.10. The van der Waals surface area contributed by atoms with Gasteiger partial charge in [-0.3, -0.25) is 4.98 Å². The fourth-order valence-corrected chi connectivity index (χ4v) is 0.666. The first kappa shape index (κ1) is 7.72. The molecule has 1 unspecified atom stereocenters. The van der Waals surface area contributed by atoms with Crippen molar-refractivity contribution in [2.24, 2.45) is 0 Å². The standard InChI is InChI=1S/C8H11N3/c1-3-7(2)11-8-6-9-4-5-10-8/h3-7H,1H2,2H3,(H,10,11). The van der Waals surface area contributed by atoms with Crippen molar-refractivity contribution in [3.63, 3.8) is 0 Å². The third-order valence-electron chi connectivity index (χ3n) is 1.29. The molecule has 58 valence electrons. The largest absolute Gasteiger partial charge is 0.363 e. The van der Waals surface area contributed by atoms with Crippen LogP contribution in [0.15, 0.2) is 31.2 Å². The van der Waals surface area contributed by atoms with Crippen molar-refractivity contribution >= 4 is 5.82 Å². The number of nitrogens with zero attached hydrogens (tertiary/aromatic N) is 2. The molecule has 1 aromatic heterocycles. The van der Waals surface area contributed by atoms with Crippen molar-refractivity contribution in [1.29, 1.82) is 0 Å². The highest BCUT2D eigenvalue weighted by Crippen LogP contribution is 1.99. The molecule has 1 rings (SSSR count). The third kappa shape index (κ3) is 2.37. The first-order valence-electron chi connectivity index (χ1n) is 3.48. The van der Waals surface area contributed by atoms with Gasteiger partial charge in [-0.2, -0.15) is 0 Å². The average Bonchev–Trinajstić information content (AvgIpc) is 2.06. The second kappa shape index (κ2) is 3.71. The summed E-state index contributed by atoms with van der Waals surface area (Å²) in [4.78, 5) is 7.96. The molecule has 1 atom stereocenters. The van der Waals surface area contributed by atoms with Gasteiger partial charge >= 0.3 is 0 Å². The Hall–Kier alpha value is -1.38. The predicted octanol–water partition coefficient (Wildman–Crippen LogP) is 1.46. The lowest BCUT2D eigenvalue weighted by Crippen LogP contribution is -2.12. The van der Waals surface area contributed by atoms with Gasteiger partial charge in [0, 0.05) is 18.4 Å². The molecular formula is C8H11N3. The second-order valence-corrected chi connectivity index (χ2v) is 2.26. The van der Waals surface area contributed by atoms with E-state index in [0.29, 0.717) is 0 Å². The number of nitrogens with one attached hydrogen (secondary N) is 1. The van der Waals surface area contributed by atoms with Crippen molar-refractivity contribution in [2.75, 3.05) is 5.32 Å². The fraction of sp³-hybridized carbons (Fsp3) is 0.250. The van der Waals surface area contributed by atoms with E-state index in [-0.39, 0.29) is 6.04 Å². The molecule has 1 N–H and O–H groups in total. The number of hydrogen-bond donors (Lipinski definition) is 1. The van der Waals surface area contributed by atoms with E-state index >= 15 is 0 Å². The van der Waals surface area contributed by atoms with E-state index in [9.17, 15) is 0 Å². The molecule has 0 aliphatic carbocycles. The number of anilines is 1. The van der Waals surface area contributed by atoms with Crippen LogP contribution in [-0.2, 0) is 0 Å². The van der Waals surface area contributed by atoms with E-state index in [1.807, 2.05) is 13.0 Å². The predicted molar refractivity (Wildman–Crippen MR) is 45.3 cm³/mol. The van der Waals surface area contributed by atoms with Gasteiger partial charge in [0.05, 0.1) is 6.20 Å². The first-order chi connectivity index (χ1) is 5.33. The Kier molecular flexibility index (Phi) is 2.60. The molecule has 1 aromatic rings. The highest BCUT2D eigenvalue weighted by molar-refractivity contribution is 5.32. The molecule has 3 heteroatoms. The van der Waals surface area contributed by atoms with Crippen LogP contribution in [0.3, 0.4) is 0 Å². The molecule has 0 saturated carbocycles. The van der Waals surface area contributed by atoms with E-state index in [1.165, 1.54) is 0 Å². The molecule has 0 spiro atoms. The van der Waals surface area contributed by atoms with Gasteiger partial charge in [0.15, 0.2) is 0 Å². The summed E-state index contributed by atoms with van der Waals surface area (Å²) in [7, 11) is 0. The Morgan fingerprint density at radius 2 is 2.45 bits per heavy atom. The minimum absolute atomic E-state index is 0.228. The van der Waals surface area contributed by atoms with E-state index in [0.717, 1.165) is 5.82 Å². The molecule has 3 nitrogen and oxygen atoms in total. The molecule has 0 radical (unpaired) electrons. The van der Waals surface area contributed by atoms with Gasteiger partial charge in [-0.1, -0.05) is 6.08 Å². The summed E-state index contributed by atoms with van der Waals surface area (Å²) in [6.45, 7) is 5.65. The zero-order valence-corrected chi connectivity index (χ0v) is 6.49. The summed E-state index contributed by atoms with van der Waals surface area (Å²) in [5.74, 6) is 0.778. The van der Waals surface area contributed by atoms with E-state index in [1.54, 1.807) is 18.6 Å². The maximum Gasteiger partial charge on any atom is 0.144 e. The molecule has 0 bridgehead atoms. The van der Waals surface area contributed by atoms with Crippen LogP contribution in [0.25, 0.3) is 0 Å². The minimum atomic E-state index is 0.228. The number of rotatable bonds is 3. The molecule has 0 aliphatic rings. The molecule has 0 aromatic carbocycles. The van der Waals surface area contributed by atoms with Crippen molar-refractivity contribution < 1.29 is 0 Å². The third-order valence-corrected chi connectivity index (χ3v) is 1.29. The maximum atomic E-state index is 4.05. The van der Waals surface area contributed by atoms with E-state index in [2.05, 4.69) is 21.9 Å². The molecule has 0 aliphatic heterocycles. The second-order valence-electron chi connectivity index (χ2n) is 2.26. The SMILES string of the molecule is C=CC(C)Nc1cnccn1. The number of aromatic nitrogens is 2. The summed E-state index contributed by atoms with van der Waals surface area (Å²) in [5.41, 5.74) is 0. The van der Waals surface area contributed by atoms with Crippen molar-refractivity contribution in [3.8, 4) is 0 Å². The highest BCUT2D eigenvalue weighted by Gasteiger charge is 1.95. The van der Waals surface area contributed by atoms with Crippen molar-refractivity contribution in [2.45, 2.75) is 13.0 Å². The van der Waals surface area contributed by atoms with Gasteiger partial charge in [0.1, 0.15) is 5.82 Å². The monoisotopic (exact) mass is 149 g/mol. The minimum Gasteiger partial charge on any atom is -0.363 e. The molecule has 0 amide bonds. The summed E-state index contributed by atoms with van der Waals surface area (Å²) in [6.07, 6.45) is 6.79. The van der Waals surface area contributed by atoms with E-state index in [4.69, 9.17) is 0 Å². The van der Waals surface area contributed by atoms with Crippen molar-refractivity contribution in [1.82, 2.24) is 9.97 Å². The Balaban J connectivity index is 2.57. The van der Waals surface area contributed by atoms with Crippen LogP contribution >= 0.6 is 0 Å². The molecular weight excluding hydrogens is 138 g/mol. The van der Waals surface area contributed by atoms with Crippen LogP contribution < -0.4 is 5.32 Å². The maximum absolute atomic E-state index is 4.05. The van der Waals surface area contributed by atoms with Crippen LogP contribution in [0.5, 0.6) is 0 Å². The van der Waals surface area contributed by atoms with Gasteiger partial charge in [0.2, 0.25) is 0 Å². The summed E-state index contributed by atoms with van der Waals surface area (Å²) < 4.78 is 0. The zero-order chi connectivity index (χ0) is 8.10. The Bertz CT molecular complexity index is 220. The number of hydrogen-bond acceptors (Lipinski definition) is 3. The van der Waals surface area contributed by atoms with Crippen LogP contribution in [0.1, 0.15) is 6.92 Å². The van der Waals surface area contributed by atoms with Crippen molar-refractivity contribution in [3.05, 3.63) is 31.2 Å². The fourth-order valence-electron chi connectivity index (χ4n) is 0.666. The summed E-state index contributed by atoms with van der Waals surface area (Å²) in [6, 6.07) is 0.228. The van der Waals surface area contributed by atoms with Gasteiger partial charge in [0.25, 0.3) is 0 Å². The van der Waals surface area contributed by atoms with Crippen LogP contribution in [0.4, 0.5) is 5.82 Å². The summed E-state index contributed by atoms with van der Waals surface area (Å²) >= 11 is 0. The first-order valence-corrected chi connectivity index (χ1v) is 3.48. The smallest absolute Gasteiger partial charge is 0.144 e. The lowest BCUT2D eigenvalue weighted by molar-refractivity contribution is 0.976. The van der Waals surface area contributed by atoms with Crippen LogP contribution in [0, 0.1) is 0 Å². The molecule has 0 saturated heterocycles. The lowest BCUT2D eigenvalue weighted by Gasteiger charge is -2.07. The van der Waals surface area contributed by atoms with Gasteiger partial charge in [-0.15, -0.1) is 6.58 Å². The normalized spacial score (nSPS) is 12.1. The lowest BCUT2D eigenvalue weighted by atomic mass is 10.3.